The highest BCUT2D eigenvalue weighted by Crippen LogP contribution is 2.56. The van der Waals surface area contributed by atoms with Crippen molar-refractivity contribution in [1.82, 2.24) is 9.13 Å². The lowest BCUT2D eigenvalue weighted by atomic mass is 9.43. The van der Waals surface area contributed by atoms with Crippen LogP contribution in [-0.2, 0) is 10.8 Å². The van der Waals surface area contributed by atoms with Crippen LogP contribution >= 0.6 is 0 Å². The van der Waals surface area contributed by atoms with Crippen molar-refractivity contribution in [2.24, 2.45) is 0 Å². The molecule has 0 saturated carbocycles. The molecule has 0 unspecified atom stereocenters. The van der Waals surface area contributed by atoms with E-state index in [4.69, 9.17) is 9.15 Å². The van der Waals surface area contributed by atoms with E-state index in [1.54, 1.807) is 0 Å². The van der Waals surface area contributed by atoms with E-state index >= 15 is 0 Å². The Morgan fingerprint density at radius 1 is 0.531 bits per heavy atom. The van der Waals surface area contributed by atoms with Gasteiger partial charge in [0, 0.05) is 43.7 Å². The molecule has 11 aromatic rings. The molecular weight excluding hydrogens is 781 g/mol. The Labute approximate surface area is 370 Å². The smallest absolute Gasteiger partial charge is 0.333 e. The lowest BCUT2D eigenvalue weighted by Crippen LogP contribution is -2.61. The molecule has 0 saturated heterocycles. The molecule has 0 spiro atoms. The van der Waals surface area contributed by atoms with Crippen molar-refractivity contribution >= 4 is 83.7 Å². The van der Waals surface area contributed by atoms with Gasteiger partial charge in [0.1, 0.15) is 17.1 Å². The van der Waals surface area contributed by atoms with Crippen LogP contribution in [0.15, 0.2) is 162 Å². The number of furan rings is 1. The quantitative estimate of drug-likeness (QED) is 0.163. The molecule has 0 N–H and O–H groups in total. The summed E-state index contributed by atoms with van der Waals surface area (Å²) in [5, 5.41) is 6.19. The molecular formula is C58H42BN3O2. The fourth-order valence-corrected chi connectivity index (χ4v) is 12.4. The first-order valence-corrected chi connectivity index (χ1v) is 22.7. The number of nitrogens with zero attached hydrogens (tertiary/aromatic N) is 3. The number of aromatic nitrogens is 2. The van der Waals surface area contributed by atoms with Crippen LogP contribution in [0.2, 0.25) is 0 Å². The summed E-state index contributed by atoms with van der Waals surface area (Å²) in [5.74, 6) is 2.61. The van der Waals surface area contributed by atoms with Crippen LogP contribution < -0.4 is 20.5 Å². The Morgan fingerprint density at radius 3 is 2.00 bits per heavy atom. The van der Waals surface area contributed by atoms with Crippen molar-refractivity contribution in [1.29, 1.82) is 0 Å². The molecule has 1 aliphatic carbocycles. The van der Waals surface area contributed by atoms with E-state index in [0.29, 0.717) is 0 Å². The van der Waals surface area contributed by atoms with Gasteiger partial charge < -0.3 is 23.1 Å². The minimum atomic E-state index is -0.174. The van der Waals surface area contributed by atoms with Gasteiger partial charge in [0.2, 0.25) is 0 Å². The molecule has 0 fully saturated rings. The van der Waals surface area contributed by atoms with Gasteiger partial charge >= 0.3 is 6.85 Å². The van der Waals surface area contributed by atoms with Gasteiger partial charge in [-0.2, -0.15) is 0 Å². The number of benzene rings is 8. The van der Waals surface area contributed by atoms with E-state index in [2.05, 4.69) is 199 Å². The standard InChI is InChI=1S/C58H42BN3O2/c1-57(2)25-26-58(3,4)41-31-46-39(29-40(41)57)53-48(60-43-20-10-8-17-35(43)36-18-9-11-21-44(36)60)30-38-37-19-14-24-50-55(37)62(45-22-12-13-23-49(45)63-50)59-42-32-52-34(27-47(42)61(46)56(53)54(38)59)28-51(64-52)33-15-6-5-7-16-33/h5-24,27-32H,25-26H2,1-4H3. The van der Waals surface area contributed by atoms with Crippen molar-refractivity contribution in [3.63, 3.8) is 0 Å². The zero-order valence-corrected chi connectivity index (χ0v) is 36.2. The fourth-order valence-electron chi connectivity index (χ4n) is 12.4. The predicted molar refractivity (Wildman–Crippen MR) is 265 cm³/mol. The average molecular weight is 824 g/mol. The number of para-hydroxylation sites is 5. The molecule has 3 aliphatic heterocycles. The Hall–Kier alpha value is -7.44. The molecule has 304 valence electrons. The SMILES string of the molecule is CC1(C)CCC(C)(C)c2cc3c(cc21)c1c(-n2c4ccccc4c4ccccc42)cc2c4c1n3-c1cc3cc(-c5ccccc5)oc3cc1B4N1c3ccccc3Oc3cccc-2c31. The molecule has 0 bridgehead atoms. The molecule has 6 heteroatoms. The van der Waals surface area contributed by atoms with E-state index in [-0.39, 0.29) is 17.7 Å². The second-order valence-electron chi connectivity index (χ2n) is 19.9. The van der Waals surface area contributed by atoms with Gasteiger partial charge in [-0.1, -0.05) is 119 Å². The summed E-state index contributed by atoms with van der Waals surface area (Å²) in [4.78, 5) is 2.58. The molecule has 3 aromatic heterocycles. The van der Waals surface area contributed by atoms with E-state index in [9.17, 15) is 0 Å². The summed E-state index contributed by atoms with van der Waals surface area (Å²) in [5.41, 5.74) is 19.4. The van der Waals surface area contributed by atoms with Crippen LogP contribution in [0.5, 0.6) is 11.5 Å². The minimum Gasteiger partial charge on any atom is -0.456 e. The first-order chi connectivity index (χ1) is 31.2. The first-order valence-electron chi connectivity index (χ1n) is 22.7. The molecule has 0 radical (unpaired) electrons. The van der Waals surface area contributed by atoms with Gasteiger partial charge in [-0.25, -0.2) is 0 Å². The van der Waals surface area contributed by atoms with Crippen LogP contribution in [0.3, 0.4) is 0 Å². The van der Waals surface area contributed by atoms with Gasteiger partial charge in [-0.3, -0.25) is 0 Å². The maximum Gasteiger partial charge on any atom is 0.333 e. The minimum absolute atomic E-state index is 0.0247. The van der Waals surface area contributed by atoms with Crippen molar-refractivity contribution in [3.8, 4) is 45.3 Å². The highest BCUT2D eigenvalue weighted by Gasteiger charge is 2.48. The van der Waals surface area contributed by atoms with Crippen LogP contribution in [0.4, 0.5) is 11.4 Å². The highest BCUT2D eigenvalue weighted by atomic mass is 16.5. The molecule has 0 amide bonds. The van der Waals surface area contributed by atoms with Gasteiger partial charge in [0.25, 0.3) is 0 Å². The van der Waals surface area contributed by atoms with E-state index in [0.717, 1.165) is 58.0 Å². The van der Waals surface area contributed by atoms with Crippen LogP contribution in [-0.4, -0.2) is 16.0 Å². The van der Waals surface area contributed by atoms with Crippen LogP contribution in [0.25, 0.3) is 88.4 Å². The lowest BCUT2D eigenvalue weighted by Gasteiger charge is -2.45. The van der Waals surface area contributed by atoms with Crippen molar-refractivity contribution < 1.29 is 9.15 Å². The van der Waals surface area contributed by atoms with Gasteiger partial charge in [0.15, 0.2) is 5.75 Å². The highest BCUT2D eigenvalue weighted by molar-refractivity contribution is 6.94. The Balaban J connectivity index is 1.18. The molecule has 8 aromatic carbocycles. The molecule has 64 heavy (non-hydrogen) atoms. The van der Waals surface area contributed by atoms with E-state index in [1.807, 2.05) is 0 Å². The maximum absolute atomic E-state index is 6.86. The largest absolute Gasteiger partial charge is 0.456 e. The summed E-state index contributed by atoms with van der Waals surface area (Å²) < 4.78 is 18.9. The van der Waals surface area contributed by atoms with Gasteiger partial charge in [-0.15, -0.1) is 0 Å². The molecule has 15 rings (SSSR count). The lowest BCUT2D eigenvalue weighted by molar-refractivity contribution is 0.332. The molecule has 0 atom stereocenters. The van der Waals surface area contributed by atoms with Crippen LogP contribution in [0, 0.1) is 0 Å². The Morgan fingerprint density at radius 2 is 1.22 bits per heavy atom. The zero-order valence-electron chi connectivity index (χ0n) is 36.2. The number of fused-ring (bicyclic) bond motifs is 15. The first kappa shape index (κ1) is 35.1. The zero-order chi connectivity index (χ0) is 42.4. The van der Waals surface area contributed by atoms with Crippen molar-refractivity contribution in [3.05, 3.63) is 169 Å². The monoisotopic (exact) mass is 823 g/mol. The average Bonchev–Trinajstić information content (AvgIpc) is 4.00. The summed E-state index contributed by atoms with van der Waals surface area (Å²) >= 11 is 0. The van der Waals surface area contributed by atoms with E-state index in [1.165, 1.54) is 88.2 Å². The number of rotatable bonds is 2. The normalized spacial score (nSPS) is 16.0. The summed E-state index contributed by atoms with van der Waals surface area (Å²) in [6, 6.07) is 58.3. The fraction of sp³-hybridized carbons (Fsp3) is 0.138. The summed E-state index contributed by atoms with van der Waals surface area (Å²) in [7, 11) is 0. The third-order valence-corrected chi connectivity index (χ3v) is 15.5. The number of hydrogen-bond donors (Lipinski definition) is 0. The van der Waals surface area contributed by atoms with Crippen molar-refractivity contribution in [2.45, 2.75) is 51.4 Å². The number of hydrogen-bond acceptors (Lipinski definition) is 3. The third-order valence-electron chi connectivity index (χ3n) is 15.5. The Kier molecular flexibility index (Phi) is 6.45. The maximum atomic E-state index is 6.86. The summed E-state index contributed by atoms with van der Waals surface area (Å²) in [6.45, 7) is 9.63. The second-order valence-corrected chi connectivity index (χ2v) is 19.9. The van der Waals surface area contributed by atoms with Gasteiger partial charge in [-0.05, 0) is 118 Å². The predicted octanol–water partition coefficient (Wildman–Crippen LogP) is 14.0. The third kappa shape index (κ3) is 4.31. The Bertz CT molecular complexity index is 3850. The summed E-state index contributed by atoms with van der Waals surface area (Å²) in [6.07, 6.45) is 2.29. The topological polar surface area (TPSA) is 35.5 Å². The van der Waals surface area contributed by atoms with Crippen LogP contribution in [0.1, 0.15) is 51.7 Å². The van der Waals surface area contributed by atoms with E-state index < -0.39 is 0 Å². The molecule has 4 aliphatic rings. The molecule has 5 nitrogen and oxygen atoms in total. The second kappa shape index (κ2) is 11.8. The molecule has 6 heterocycles. The number of ether oxygens (including phenoxy) is 1. The van der Waals surface area contributed by atoms with Gasteiger partial charge in [0.05, 0.1) is 39.1 Å². The number of anilines is 2. The van der Waals surface area contributed by atoms with Crippen molar-refractivity contribution in [2.75, 3.05) is 4.81 Å².